The van der Waals surface area contributed by atoms with Crippen LogP contribution in [0.25, 0.3) is 0 Å². The van der Waals surface area contributed by atoms with Gasteiger partial charge in [0.2, 0.25) is 0 Å². The zero-order chi connectivity index (χ0) is 14.5. The fourth-order valence-corrected chi connectivity index (χ4v) is 3.32. The zero-order valence-electron chi connectivity index (χ0n) is 12.9. The second-order valence-electron chi connectivity index (χ2n) is 6.28. The normalized spacial score (nSPS) is 27.5. The van der Waals surface area contributed by atoms with Gasteiger partial charge in [0.25, 0.3) is 0 Å². The minimum Gasteiger partial charge on any atom is -0.377 e. The lowest BCUT2D eigenvalue weighted by Gasteiger charge is -2.36. The Morgan fingerprint density at radius 2 is 2.24 bits per heavy atom. The van der Waals surface area contributed by atoms with E-state index >= 15 is 0 Å². The van der Waals surface area contributed by atoms with E-state index in [0.717, 1.165) is 31.2 Å². The van der Waals surface area contributed by atoms with Gasteiger partial charge in [0.05, 0.1) is 6.10 Å². The topological polar surface area (TPSA) is 50.3 Å². The first-order valence-electron chi connectivity index (χ1n) is 8.19. The molecule has 0 radical (unpaired) electrons. The van der Waals surface area contributed by atoms with Crippen molar-refractivity contribution in [3.05, 3.63) is 18.1 Å². The summed E-state index contributed by atoms with van der Waals surface area (Å²) in [7, 11) is 0. The summed E-state index contributed by atoms with van der Waals surface area (Å²) in [5, 5.41) is 3.56. The van der Waals surface area contributed by atoms with E-state index in [2.05, 4.69) is 20.2 Å². The van der Waals surface area contributed by atoms with Crippen molar-refractivity contribution in [3.8, 4) is 0 Å². The maximum absolute atomic E-state index is 5.87. The third kappa shape index (κ3) is 4.38. The first kappa shape index (κ1) is 14.7. The van der Waals surface area contributed by atoms with Gasteiger partial charge in [-0.3, -0.25) is 4.90 Å². The molecule has 0 saturated carbocycles. The van der Waals surface area contributed by atoms with E-state index in [1.165, 1.54) is 38.6 Å². The Hall–Kier alpha value is -1.20. The molecular formula is C16H26N4O. The number of aryl methyl sites for hydroxylation is 1. The summed E-state index contributed by atoms with van der Waals surface area (Å²) < 4.78 is 5.87. The molecule has 1 N–H and O–H groups in total. The Morgan fingerprint density at radius 3 is 3.05 bits per heavy atom. The van der Waals surface area contributed by atoms with Gasteiger partial charge in [-0.1, -0.05) is 0 Å². The molecule has 1 aromatic heterocycles. The van der Waals surface area contributed by atoms with Crippen molar-refractivity contribution in [2.75, 3.05) is 31.6 Å². The number of hydrogen-bond acceptors (Lipinski definition) is 5. The van der Waals surface area contributed by atoms with Crippen molar-refractivity contribution in [2.24, 2.45) is 0 Å². The number of likely N-dealkylation sites (tertiary alicyclic amines) is 1. The summed E-state index contributed by atoms with van der Waals surface area (Å²) in [4.78, 5) is 11.0. The van der Waals surface area contributed by atoms with Gasteiger partial charge in [0.1, 0.15) is 12.1 Å². The number of aromatic nitrogens is 2. The predicted molar refractivity (Wildman–Crippen MR) is 83.4 cm³/mol. The number of nitrogens with one attached hydrogen (secondary N) is 1. The fourth-order valence-electron chi connectivity index (χ4n) is 3.32. The minimum absolute atomic E-state index is 0.443. The van der Waals surface area contributed by atoms with Crippen molar-refractivity contribution in [2.45, 2.75) is 51.2 Å². The van der Waals surface area contributed by atoms with Crippen molar-refractivity contribution >= 4 is 5.82 Å². The van der Waals surface area contributed by atoms with Crippen LogP contribution in [-0.2, 0) is 4.74 Å². The highest BCUT2D eigenvalue weighted by Gasteiger charge is 2.23. The third-order valence-electron chi connectivity index (χ3n) is 4.40. The Balaban J connectivity index is 1.50. The van der Waals surface area contributed by atoms with Crippen molar-refractivity contribution in [1.82, 2.24) is 14.9 Å². The zero-order valence-corrected chi connectivity index (χ0v) is 12.9. The first-order chi connectivity index (χ1) is 10.3. The highest BCUT2D eigenvalue weighted by atomic mass is 16.5. The average Bonchev–Trinajstić information content (AvgIpc) is 2.49. The molecule has 3 rings (SSSR count). The van der Waals surface area contributed by atoms with Crippen LogP contribution >= 0.6 is 0 Å². The highest BCUT2D eigenvalue weighted by Crippen LogP contribution is 2.18. The predicted octanol–water partition coefficient (Wildman–Crippen LogP) is 2.23. The van der Waals surface area contributed by atoms with Gasteiger partial charge >= 0.3 is 0 Å². The average molecular weight is 290 g/mol. The lowest BCUT2D eigenvalue weighted by Crippen LogP contribution is -2.46. The van der Waals surface area contributed by atoms with Crippen LogP contribution in [0.2, 0.25) is 0 Å². The summed E-state index contributed by atoms with van der Waals surface area (Å²) in [6.45, 7) is 6.31. The third-order valence-corrected chi connectivity index (χ3v) is 4.40. The van der Waals surface area contributed by atoms with Gasteiger partial charge in [-0.05, 0) is 45.6 Å². The SMILES string of the molecule is Cc1cc(NC2CCCN(CC3CCCCO3)C2)ncn1. The van der Waals surface area contributed by atoms with Gasteiger partial charge in [-0.15, -0.1) is 0 Å². The van der Waals surface area contributed by atoms with Crippen LogP contribution in [0.1, 0.15) is 37.8 Å². The van der Waals surface area contributed by atoms with Crippen molar-refractivity contribution in [3.63, 3.8) is 0 Å². The second kappa shape index (κ2) is 7.18. The van der Waals surface area contributed by atoms with Crippen molar-refractivity contribution in [1.29, 1.82) is 0 Å². The lowest BCUT2D eigenvalue weighted by molar-refractivity contribution is -0.00931. The highest BCUT2D eigenvalue weighted by molar-refractivity contribution is 5.35. The number of hydrogen-bond donors (Lipinski definition) is 1. The van der Waals surface area contributed by atoms with E-state index in [9.17, 15) is 0 Å². The Labute approximate surface area is 127 Å². The van der Waals surface area contributed by atoms with Crippen LogP contribution in [0.5, 0.6) is 0 Å². The Bertz CT molecular complexity index is 448. The van der Waals surface area contributed by atoms with Crippen LogP contribution in [-0.4, -0.2) is 53.3 Å². The van der Waals surface area contributed by atoms with E-state index < -0.39 is 0 Å². The summed E-state index contributed by atoms with van der Waals surface area (Å²) >= 11 is 0. The molecule has 2 atom stereocenters. The fraction of sp³-hybridized carbons (Fsp3) is 0.750. The second-order valence-corrected chi connectivity index (χ2v) is 6.28. The lowest BCUT2D eigenvalue weighted by atomic mass is 10.0. The van der Waals surface area contributed by atoms with E-state index in [4.69, 9.17) is 4.74 Å². The molecule has 3 heterocycles. The largest absolute Gasteiger partial charge is 0.377 e. The molecule has 1 aromatic rings. The van der Waals surface area contributed by atoms with Crippen molar-refractivity contribution < 1.29 is 4.74 Å². The molecule has 0 aliphatic carbocycles. The van der Waals surface area contributed by atoms with E-state index in [1.54, 1.807) is 6.33 Å². The molecule has 2 saturated heterocycles. The van der Waals surface area contributed by atoms with Crippen LogP contribution in [0.4, 0.5) is 5.82 Å². The van der Waals surface area contributed by atoms with E-state index in [1.807, 2.05) is 13.0 Å². The van der Waals surface area contributed by atoms with Crippen LogP contribution in [0, 0.1) is 6.92 Å². The summed E-state index contributed by atoms with van der Waals surface area (Å²) in [5.41, 5.74) is 1.01. The molecule has 0 amide bonds. The molecule has 0 bridgehead atoms. The minimum atomic E-state index is 0.443. The molecule has 2 fully saturated rings. The van der Waals surface area contributed by atoms with Crippen LogP contribution < -0.4 is 5.32 Å². The van der Waals surface area contributed by atoms with Crippen LogP contribution in [0.3, 0.4) is 0 Å². The number of nitrogens with zero attached hydrogens (tertiary/aromatic N) is 3. The van der Waals surface area contributed by atoms with Gasteiger partial charge in [0.15, 0.2) is 0 Å². The molecule has 21 heavy (non-hydrogen) atoms. The quantitative estimate of drug-likeness (QED) is 0.921. The molecule has 2 unspecified atom stereocenters. The number of piperidine rings is 1. The van der Waals surface area contributed by atoms with Gasteiger partial charge in [-0.2, -0.15) is 0 Å². The summed E-state index contributed by atoms with van der Waals surface area (Å²) in [6, 6.07) is 2.50. The number of rotatable bonds is 4. The number of anilines is 1. The van der Waals surface area contributed by atoms with Gasteiger partial charge in [-0.25, -0.2) is 9.97 Å². The summed E-state index contributed by atoms with van der Waals surface area (Å²) in [5.74, 6) is 0.947. The Kier molecular flexibility index (Phi) is 5.04. The molecule has 116 valence electrons. The smallest absolute Gasteiger partial charge is 0.129 e. The van der Waals surface area contributed by atoms with Gasteiger partial charge in [0, 0.05) is 37.5 Å². The standard InChI is InChI=1S/C16H26N4O/c1-13-9-16(18-12-17-13)19-14-5-4-7-20(10-14)11-15-6-2-3-8-21-15/h9,12,14-15H,2-8,10-11H2,1H3,(H,17,18,19). The molecule has 2 aliphatic rings. The molecule has 5 nitrogen and oxygen atoms in total. The van der Waals surface area contributed by atoms with Gasteiger partial charge < -0.3 is 10.1 Å². The molecule has 0 spiro atoms. The Morgan fingerprint density at radius 1 is 1.29 bits per heavy atom. The molecule has 5 heteroatoms. The first-order valence-corrected chi connectivity index (χ1v) is 8.19. The number of ether oxygens (including phenoxy) is 1. The molecule has 2 aliphatic heterocycles. The maximum atomic E-state index is 5.87. The molecule has 0 aromatic carbocycles. The van der Waals surface area contributed by atoms with E-state index in [0.29, 0.717) is 12.1 Å². The monoisotopic (exact) mass is 290 g/mol. The molecular weight excluding hydrogens is 264 g/mol. The maximum Gasteiger partial charge on any atom is 0.129 e. The van der Waals surface area contributed by atoms with Crippen LogP contribution in [0.15, 0.2) is 12.4 Å². The van der Waals surface area contributed by atoms with E-state index in [-0.39, 0.29) is 0 Å². The summed E-state index contributed by atoms with van der Waals surface area (Å²) in [6.07, 6.45) is 8.31.